The predicted octanol–water partition coefficient (Wildman–Crippen LogP) is 2.84. The van der Waals surface area contributed by atoms with Gasteiger partial charge in [-0.05, 0) is 44.0 Å². The lowest BCUT2D eigenvalue weighted by atomic mass is 9.97. The zero-order chi connectivity index (χ0) is 16.4. The molecule has 0 saturated heterocycles. The smallest absolute Gasteiger partial charge is 0.255 e. The van der Waals surface area contributed by atoms with Crippen molar-refractivity contribution >= 4 is 17.5 Å². The number of halogens is 1. The molecule has 0 spiro atoms. The molecule has 0 aliphatic heterocycles. The van der Waals surface area contributed by atoms with Crippen molar-refractivity contribution in [3.8, 4) is 5.69 Å². The van der Waals surface area contributed by atoms with Crippen LogP contribution in [0.15, 0.2) is 30.5 Å². The Balaban J connectivity index is 1.83. The van der Waals surface area contributed by atoms with Gasteiger partial charge in [-0.1, -0.05) is 24.4 Å². The first-order valence-corrected chi connectivity index (χ1v) is 8.26. The van der Waals surface area contributed by atoms with Crippen molar-refractivity contribution in [3.05, 3.63) is 46.7 Å². The topological polar surface area (TPSA) is 72.9 Å². The standard InChI is InChI=1S/C17H21ClN4O/c1-12-15(16(23)20-17(11-19)8-2-3-9-17)10-22(21-12)14-6-4-13(18)5-7-14/h4-7,10H,2-3,8-9,11,19H2,1H3,(H,20,23). The Labute approximate surface area is 140 Å². The normalized spacial score (nSPS) is 16.5. The van der Waals surface area contributed by atoms with Crippen LogP contribution in [0.5, 0.6) is 0 Å². The highest BCUT2D eigenvalue weighted by molar-refractivity contribution is 6.30. The number of amides is 1. The van der Waals surface area contributed by atoms with Crippen molar-refractivity contribution in [2.75, 3.05) is 6.54 Å². The van der Waals surface area contributed by atoms with Gasteiger partial charge in [-0.2, -0.15) is 5.10 Å². The van der Waals surface area contributed by atoms with Crippen molar-refractivity contribution in [3.63, 3.8) is 0 Å². The first kappa shape index (κ1) is 16.0. The molecule has 1 heterocycles. The Hall–Kier alpha value is -1.85. The molecular formula is C17H21ClN4O. The van der Waals surface area contributed by atoms with E-state index in [2.05, 4.69) is 10.4 Å². The molecule has 3 rings (SSSR count). The maximum atomic E-state index is 12.6. The van der Waals surface area contributed by atoms with Gasteiger partial charge in [0.25, 0.3) is 5.91 Å². The number of nitrogens with two attached hydrogens (primary N) is 1. The molecule has 1 amide bonds. The monoisotopic (exact) mass is 332 g/mol. The lowest BCUT2D eigenvalue weighted by Crippen LogP contribution is -2.51. The van der Waals surface area contributed by atoms with Gasteiger partial charge in [-0.3, -0.25) is 4.79 Å². The molecule has 1 aliphatic rings. The second-order valence-corrected chi connectivity index (χ2v) is 6.63. The average molecular weight is 333 g/mol. The zero-order valence-corrected chi connectivity index (χ0v) is 13.9. The molecule has 0 bridgehead atoms. The Kier molecular flexibility index (Phi) is 4.41. The summed E-state index contributed by atoms with van der Waals surface area (Å²) in [6.45, 7) is 2.31. The number of carbonyl (C=O) groups is 1. The van der Waals surface area contributed by atoms with Crippen molar-refractivity contribution in [1.29, 1.82) is 0 Å². The van der Waals surface area contributed by atoms with Crippen LogP contribution in [0, 0.1) is 6.92 Å². The van der Waals surface area contributed by atoms with Crippen LogP contribution in [0.2, 0.25) is 5.02 Å². The number of nitrogens with zero attached hydrogens (tertiary/aromatic N) is 2. The number of nitrogens with one attached hydrogen (secondary N) is 1. The summed E-state index contributed by atoms with van der Waals surface area (Å²) < 4.78 is 1.70. The summed E-state index contributed by atoms with van der Waals surface area (Å²) in [7, 11) is 0. The molecule has 1 fully saturated rings. The summed E-state index contributed by atoms with van der Waals surface area (Å²) in [5.74, 6) is -0.102. The fraction of sp³-hybridized carbons (Fsp3) is 0.412. The Bertz CT molecular complexity index is 702. The minimum atomic E-state index is -0.258. The fourth-order valence-electron chi connectivity index (χ4n) is 3.15. The van der Waals surface area contributed by atoms with Gasteiger partial charge in [-0.15, -0.1) is 0 Å². The van der Waals surface area contributed by atoms with Crippen molar-refractivity contribution in [1.82, 2.24) is 15.1 Å². The Morgan fingerprint density at radius 3 is 2.61 bits per heavy atom. The molecule has 1 saturated carbocycles. The highest BCUT2D eigenvalue weighted by Gasteiger charge is 2.34. The van der Waals surface area contributed by atoms with Gasteiger partial charge in [0.2, 0.25) is 0 Å². The van der Waals surface area contributed by atoms with Crippen LogP contribution in [0.25, 0.3) is 5.69 Å². The molecule has 0 unspecified atom stereocenters. The van der Waals surface area contributed by atoms with E-state index >= 15 is 0 Å². The third kappa shape index (κ3) is 3.26. The van der Waals surface area contributed by atoms with Gasteiger partial charge < -0.3 is 11.1 Å². The molecule has 1 aromatic heterocycles. The molecule has 0 radical (unpaired) electrons. The van der Waals surface area contributed by atoms with Crippen molar-refractivity contribution in [2.45, 2.75) is 38.1 Å². The zero-order valence-electron chi connectivity index (χ0n) is 13.2. The maximum absolute atomic E-state index is 12.6. The first-order valence-electron chi connectivity index (χ1n) is 7.88. The summed E-state index contributed by atoms with van der Waals surface area (Å²) in [6, 6.07) is 7.34. The molecule has 5 nitrogen and oxygen atoms in total. The first-order chi connectivity index (χ1) is 11.0. The van der Waals surface area contributed by atoms with Gasteiger partial charge in [0.05, 0.1) is 22.5 Å². The predicted molar refractivity (Wildman–Crippen MR) is 91.0 cm³/mol. The largest absolute Gasteiger partial charge is 0.345 e. The number of hydrogen-bond donors (Lipinski definition) is 2. The third-order valence-corrected chi connectivity index (χ3v) is 4.82. The van der Waals surface area contributed by atoms with Gasteiger partial charge in [0, 0.05) is 17.8 Å². The summed E-state index contributed by atoms with van der Waals surface area (Å²) in [6.07, 6.45) is 5.87. The summed E-state index contributed by atoms with van der Waals surface area (Å²) in [5.41, 5.74) is 7.78. The van der Waals surface area contributed by atoms with Crippen LogP contribution in [0.3, 0.4) is 0 Å². The minimum absolute atomic E-state index is 0.102. The van der Waals surface area contributed by atoms with Crippen LogP contribution < -0.4 is 11.1 Å². The molecule has 23 heavy (non-hydrogen) atoms. The maximum Gasteiger partial charge on any atom is 0.255 e. The van der Waals surface area contributed by atoms with Gasteiger partial charge in [0.15, 0.2) is 0 Å². The summed E-state index contributed by atoms with van der Waals surface area (Å²) >= 11 is 5.91. The van der Waals surface area contributed by atoms with E-state index in [4.69, 9.17) is 17.3 Å². The molecule has 1 aliphatic carbocycles. The van der Waals surface area contributed by atoms with E-state index in [-0.39, 0.29) is 11.4 Å². The molecular weight excluding hydrogens is 312 g/mol. The summed E-state index contributed by atoms with van der Waals surface area (Å²) in [4.78, 5) is 12.6. The Morgan fingerprint density at radius 2 is 2.00 bits per heavy atom. The quantitative estimate of drug-likeness (QED) is 0.904. The van der Waals surface area contributed by atoms with Gasteiger partial charge in [-0.25, -0.2) is 4.68 Å². The van der Waals surface area contributed by atoms with E-state index in [1.807, 2.05) is 19.1 Å². The second-order valence-electron chi connectivity index (χ2n) is 6.19. The van der Waals surface area contributed by atoms with Crippen molar-refractivity contribution < 1.29 is 4.79 Å². The van der Waals surface area contributed by atoms with Crippen LogP contribution in [0.1, 0.15) is 41.7 Å². The van der Waals surface area contributed by atoms with E-state index < -0.39 is 0 Å². The molecule has 122 valence electrons. The van der Waals surface area contributed by atoms with Crippen molar-refractivity contribution in [2.24, 2.45) is 5.73 Å². The third-order valence-electron chi connectivity index (χ3n) is 4.56. The van der Waals surface area contributed by atoms with Gasteiger partial charge in [0.1, 0.15) is 0 Å². The molecule has 2 aromatic rings. The number of benzene rings is 1. The van der Waals surface area contributed by atoms with Crippen LogP contribution >= 0.6 is 11.6 Å². The van der Waals surface area contributed by atoms with E-state index in [9.17, 15) is 4.79 Å². The number of aryl methyl sites for hydroxylation is 1. The average Bonchev–Trinajstić information content (AvgIpc) is 3.15. The lowest BCUT2D eigenvalue weighted by Gasteiger charge is -2.28. The number of hydrogen-bond acceptors (Lipinski definition) is 3. The van der Waals surface area contributed by atoms with E-state index in [0.717, 1.165) is 31.4 Å². The number of carbonyl (C=O) groups excluding carboxylic acids is 1. The molecule has 3 N–H and O–H groups in total. The lowest BCUT2D eigenvalue weighted by molar-refractivity contribution is 0.0902. The summed E-state index contributed by atoms with van der Waals surface area (Å²) in [5, 5.41) is 8.24. The number of aromatic nitrogens is 2. The van der Waals surface area contributed by atoms with Crippen LogP contribution in [-0.4, -0.2) is 27.8 Å². The van der Waals surface area contributed by atoms with E-state index in [1.54, 1.807) is 23.0 Å². The fourth-order valence-corrected chi connectivity index (χ4v) is 3.28. The van der Waals surface area contributed by atoms with Crippen LogP contribution in [-0.2, 0) is 0 Å². The van der Waals surface area contributed by atoms with Crippen LogP contribution in [0.4, 0.5) is 0 Å². The highest BCUT2D eigenvalue weighted by atomic mass is 35.5. The Morgan fingerprint density at radius 1 is 1.35 bits per heavy atom. The van der Waals surface area contributed by atoms with E-state index in [1.165, 1.54) is 0 Å². The second kappa shape index (κ2) is 6.34. The number of rotatable bonds is 4. The van der Waals surface area contributed by atoms with E-state index in [0.29, 0.717) is 22.8 Å². The molecule has 6 heteroatoms. The highest BCUT2D eigenvalue weighted by Crippen LogP contribution is 2.29. The minimum Gasteiger partial charge on any atom is -0.345 e. The molecule has 1 aromatic carbocycles. The van der Waals surface area contributed by atoms with Gasteiger partial charge >= 0.3 is 0 Å². The SMILES string of the molecule is Cc1nn(-c2ccc(Cl)cc2)cc1C(=O)NC1(CN)CCCC1. The molecule has 0 atom stereocenters.